The van der Waals surface area contributed by atoms with Crippen molar-refractivity contribution in [3.8, 4) is 6.07 Å². The second kappa shape index (κ2) is 7.12. The zero-order valence-corrected chi connectivity index (χ0v) is 12.4. The highest BCUT2D eigenvalue weighted by Gasteiger charge is 2.12. The molecule has 102 valence electrons. The minimum Gasteiger partial charge on any atom is -0.275 e. The van der Waals surface area contributed by atoms with Crippen LogP contribution in [-0.2, 0) is 9.63 Å². The van der Waals surface area contributed by atoms with Crippen LogP contribution in [0.5, 0.6) is 0 Å². The molecule has 0 N–H and O–H groups in total. The lowest BCUT2D eigenvalue weighted by molar-refractivity contribution is -0.168. The standard InChI is InChI=1S/C13H17N3O2S/c1-9-7-10(2)15-13(11(9)8-14)19-6-5-12(17)16(3)18-4/h7H,5-6H2,1-4H3. The van der Waals surface area contributed by atoms with Crippen LogP contribution in [0, 0.1) is 25.2 Å². The number of carbonyl (C=O) groups is 1. The number of amides is 1. The zero-order valence-electron chi connectivity index (χ0n) is 11.6. The Kier molecular flexibility index (Phi) is 5.80. The fourth-order valence-electron chi connectivity index (χ4n) is 1.54. The largest absolute Gasteiger partial charge is 0.275 e. The lowest BCUT2D eigenvalue weighted by atomic mass is 10.1. The number of aryl methyl sites for hydroxylation is 2. The molecule has 0 aliphatic carbocycles. The lowest BCUT2D eigenvalue weighted by Gasteiger charge is -2.13. The van der Waals surface area contributed by atoms with Gasteiger partial charge in [0, 0.05) is 24.9 Å². The summed E-state index contributed by atoms with van der Waals surface area (Å²) in [7, 11) is 3.02. The van der Waals surface area contributed by atoms with Gasteiger partial charge in [-0.1, -0.05) is 0 Å². The van der Waals surface area contributed by atoms with Crippen LogP contribution in [0.1, 0.15) is 23.2 Å². The van der Waals surface area contributed by atoms with Gasteiger partial charge in [0.05, 0.1) is 12.7 Å². The molecule has 1 rings (SSSR count). The Labute approximate surface area is 117 Å². The Morgan fingerprint density at radius 1 is 1.58 bits per heavy atom. The summed E-state index contributed by atoms with van der Waals surface area (Å²) in [6.45, 7) is 3.78. The summed E-state index contributed by atoms with van der Waals surface area (Å²) in [4.78, 5) is 20.7. The third kappa shape index (κ3) is 4.23. The molecule has 0 radical (unpaired) electrons. The van der Waals surface area contributed by atoms with Gasteiger partial charge >= 0.3 is 0 Å². The Morgan fingerprint density at radius 2 is 2.26 bits per heavy atom. The van der Waals surface area contributed by atoms with Crippen LogP contribution < -0.4 is 0 Å². The molecule has 0 saturated heterocycles. The number of carbonyl (C=O) groups excluding carboxylic acids is 1. The molecule has 1 aromatic rings. The predicted molar refractivity (Wildman–Crippen MR) is 73.5 cm³/mol. The summed E-state index contributed by atoms with van der Waals surface area (Å²) in [6, 6.07) is 4.04. The number of hydrogen-bond acceptors (Lipinski definition) is 5. The van der Waals surface area contributed by atoms with E-state index in [0.29, 0.717) is 22.8 Å². The molecule has 0 aromatic carbocycles. The highest BCUT2D eigenvalue weighted by Crippen LogP contribution is 2.24. The van der Waals surface area contributed by atoms with E-state index in [-0.39, 0.29) is 5.91 Å². The van der Waals surface area contributed by atoms with Gasteiger partial charge in [0.15, 0.2) is 0 Å². The van der Waals surface area contributed by atoms with Crippen molar-refractivity contribution in [2.45, 2.75) is 25.3 Å². The molecular formula is C13H17N3O2S. The average molecular weight is 279 g/mol. The number of nitriles is 1. The molecule has 1 heterocycles. The van der Waals surface area contributed by atoms with Crippen LogP contribution in [-0.4, -0.2) is 35.9 Å². The van der Waals surface area contributed by atoms with Crippen LogP contribution in [0.25, 0.3) is 0 Å². The number of thioether (sulfide) groups is 1. The van der Waals surface area contributed by atoms with E-state index in [0.717, 1.165) is 11.3 Å². The van der Waals surface area contributed by atoms with E-state index in [2.05, 4.69) is 11.1 Å². The molecule has 0 spiro atoms. The molecule has 0 unspecified atom stereocenters. The Bertz CT molecular complexity index is 511. The molecule has 19 heavy (non-hydrogen) atoms. The first-order valence-corrected chi connectivity index (χ1v) is 6.80. The van der Waals surface area contributed by atoms with Crippen molar-refractivity contribution in [3.63, 3.8) is 0 Å². The Hall–Kier alpha value is -1.58. The van der Waals surface area contributed by atoms with Crippen LogP contribution in [0.15, 0.2) is 11.1 Å². The van der Waals surface area contributed by atoms with Gasteiger partial charge in [-0.25, -0.2) is 10.0 Å². The first kappa shape index (κ1) is 15.5. The third-order valence-electron chi connectivity index (χ3n) is 2.60. The van der Waals surface area contributed by atoms with Crippen LogP contribution in [0.2, 0.25) is 0 Å². The fraction of sp³-hybridized carbons (Fsp3) is 0.462. The molecule has 1 amide bonds. The molecule has 0 atom stereocenters. The molecular weight excluding hydrogens is 262 g/mol. The van der Waals surface area contributed by atoms with Gasteiger partial charge in [0.2, 0.25) is 5.91 Å². The van der Waals surface area contributed by atoms with Gasteiger partial charge in [-0.05, 0) is 25.5 Å². The minimum absolute atomic E-state index is 0.0992. The number of pyridine rings is 1. The van der Waals surface area contributed by atoms with Gasteiger partial charge in [-0.2, -0.15) is 5.26 Å². The first-order chi connectivity index (χ1) is 8.99. The second-order valence-electron chi connectivity index (χ2n) is 4.04. The number of hydrogen-bond donors (Lipinski definition) is 0. The molecule has 1 aromatic heterocycles. The van der Waals surface area contributed by atoms with Crippen molar-refractivity contribution in [2.75, 3.05) is 19.9 Å². The number of nitrogens with zero attached hydrogens (tertiary/aromatic N) is 3. The predicted octanol–water partition coefficient (Wildman–Crippen LogP) is 2.07. The molecule has 0 aliphatic heterocycles. The molecule has 5 nitrogen and oxygen atoms in total. The molecule has 0 fully saturated rings. The maximum Gasteiger partial charge on any atom is 0.246 e. The first-order valence-electron chi connectivity index (χ1n) is 5.81. The number of rotatable bonds is 5. The van der Waals surface area contributed by atoms with Crippen molar-refractivity contribution >= 4 is 17.7 Å². The number of hydroxylamine groups is 2. The summed E-state index contributed by atoms with van der Waals surface area (Å²) in [5, 5.41) is 11.0. The SMILES string of the molecule is CON(C)C(=O)CCSc1nc(C)cc(C)c1C#N. The van der Waals surface area contributed by atoms with E-state index < -0.39 is 0 Å². The highest BCUT2D eigenvalue weighted by atomic mass is 32.2. The molecule has 6 heteroatoms. The molecule has 0 aliphatic rings. The topological polar surface area (TPSA) is 66.2 Å². The lowest BCUT2D eigenvalue weighted by Crippen LogP contribution is -2.25. The van der Waals surface area contributed by atoms with Crippen molar-refractivity contribution in [1.29, 1.82) is 5.26 Å². The van der Waals surface area contributed by atoms with Gasteiger partial charge in [0.25, 0.3) is 0 Å². The van der Waals surface area contributed by atoms with Crippen molar-refractivity contribution in [2.24, 2.45) is 0 Å². The van der Waals surface area contributed by atoms with Crippen LogP contribution in [0.3, 0.4) is 0 Å². The summed E-state index contributed by atoms with van der Waals surface area (Å²) in [6.07, 6.45) is 0.342. The van der Waals surface area contributed by atoms with E-state index >= 15 is 0 Å². The Morgan fingerprint density at radius 3 is 2.84 bits per heavy atom. The Balaban J connectivity index is 2.69. The van der Waals surface area contributed by atoms with E-state index in [1.165, 1.54) is 23.9 Å². The van der Waals surface area contributed by atoms with Crippen LogP contribution >= 0.6 is 11.8 Å². The molecule has 0 bridgehead atoms. The van der Waals surface area contributed by atoms with Crippen molar-refractivity contribution in [3.05, 3.63) is 22.9 Å². The van der Waals surface area contributed by atoms with E-state index in [4.69, 9.17) is 10.1 Å². The van der Waals surface area contributed by atoms with Crippen LogP contribution in [0.4, 0.5) is 0 Å². The third-order valence-corrected chi connectivity index (χ3v) is 3.58. The van der Waals surface area contributed by atoms with Gasteiger partial charge < -0.3 is 0 Å². The van der Waals surface area contributed by atoms with Crippen molar-refractivity contribution in [1.82, 2.24) is 10.0 Å². The quantitative estimate of drug-likeness (QED) is 0.610. The zero-order chi connectivity index (χ0) is 14.4. The van der Waals surface area contributed by atoms with Gasteiger partial charge in [0.1, 0.15) is 11.1 Å². The fourth-order valence-corrected chi connectivity index (χ4v) is 2.57. The summed E-state index contributed by atoms with van der Waals surface area (Å²) < 4.78 is 0. The maximum atomic E-state index is 11.6. The van der Waals surface area contributed by atoms with Gasteiger partial charge in [-0.3, -0.25) is 9.63 Å². The van der Waals surface area contributed by atoms with Gasteiger partial charge in [-0.15, -0.1) is 11.8 Å². The smallest absolute Gasteiger partial charge is 0.246 e. The van der Waals surface area contributed by atoms with E-state index in [1.54, 1.807) is 7.05 Å². The average Bonchev–Trinajstić information content (AvgIpc) is 2.37. The van der Waals surface area contributed by atoms with E-state index in [1.807, 2.05) is 19.9 Å². The monoisotopic (exact) mass is 279 g/mol. The minimum atomic E-state index is -0.0992. The normalized spacial score (nSPS) is 10.1. The van der Waals surface area contributed by atoms with Crippen molar-refractivity contribution < 1.29 is 9.63 Å². The second-order valence-corrected chi connectivity index (χ2v) is 5.13. The summed E-state index contributed by atoms with van der Waals surface area (Å²) >= 11 is 1.42. The maximum absolute atomic E-state index is 11.6. The summed E-state index contributed by atoms with van der Waals surface area (Å²) in [5.74, 6) is 0.467. The summed E-state index contributed by atoms with van der Waals surface area (Å²) in [5.41, 5.74) is 2.38. The van der Waals surface area contributed by atoms with E-state index in [9.17, 15) is 4.79 Å². The molecule has 0 saturated carbocycles. The number of aromatic nitrogens is 1. The highest BCUT2D eigenvalue weighted by molar-refractivity contribution is 7.99.